The fourth-order valence-electron chi connectivity index (χ4n) is 0.638. The highest BCUT2D eigenvalue weighted by Gasteiger charge is 1.98. The standard InChI is InChI=1S/C8H14N2O2/c1-2-6-12-7-3-8(11)10-5-4-9/h2-3,5-7H2,1H3,(H,10,11). The first-order chi connectivity index (χ1) is 5.81. The third kappa shape index (κ3) is 7.03. The Morgan fingerprint density at radius 3 is 2.92 bits per heavy atom. The second kappa shape index (κ2) is 8.02. The Hall–Kier alpha value is -1.08. The molecule has 0 fully saturated rings. The highest BCUT2D eigenvalue weighted by molar-refractivity contribution is 5.76. The van der Waals surface area contributed by atoms with E-state index in [1.165, 1.54) is 0 Å². The van der Waals surface area contributed by atoms with Crippen molar-refractivity contribution in [1.82, 2.24) is 5.32 Å². The molecule has 12 heavy (non-hydrogen) atoms. The topological polar surface area (TPSA) is 62.1 Å². The first-order valence-corrected chi connectivity index (χ1v) is 4.02. The molecule has 1 amide bonds. The van der Waals surface area contributed by atoms with Crippen LogP contribution >= 0.6 is 0 Å². The lowest BCUT2D eigenvalue weighted by molar-refractivity contribution is -0.121. The molecule has 0 aliphatic rings. The quantitative estimate of drug-likeness (QED) is 0.465. The third-order valence-electron chi connectivity index (χ3n) is 1.19. The van der Waals surface area contributed by atoms with E-state index in [1.807, 2.05) is 13.0 Å². The average molecular weight is 170 g/mol. The van der Waals surface area contributed by atoms with Crippen molar-refractivity contribution in [2.45, 2.75) is 19.8 Å². The fourth-order valence-corrected chi connectivity index (χ4v) is 0.638. The zero-order valence-electron chi connectivity index (χ0n) is 7.30. The van der Waals surface area contributed by atoms with E-state index >= 15 is 0 Å². The molecule has 68 valence electrons. The summed E-state index contributed by atoms with van der Waals surface area (Å²) in [7, 11) is 0. The van der Waals surface area contributed by atoms with E-state index in [0.29, 0.717) is 19.6 Å². The minimum absolute atomic E-state index is 0.0760. The zero-order chi connectivity index (χ0) is 9.23. The van der Waals surface area contributed by atoms with Gasteiger partial charge in [0.2, 0.25) is 5.91 Å². The smallest absolute Gasteiger partial charge is 0.223 e. The fraction of sp³-hybridized carbons (Fsp3) is 0.750. The summed E-state index contributed by atoms with van der Waals surface area (Å²) in [4.78, 5) is 10.8. The molecule has 0 aromatic carbocycles. The molecular weight excluding hydrogens is 156 g/mol. The van der Waals surface area contributed by atoms with Crippen LogP contribution in [-0.4, -0.2) is 25.7 Å². The van der Waals surface area contributed by atoms with Gasteiger partial charge in [-0.15, -0.1) is 0 Å². The summed E-state index contributed by atoms with van der Waals surface area (Å²) in [6, 6.07) is 1.83. The predicted octanol–water partition coefficient (Wildman–Crippen LogP) is 0.443. The Morgan fingerprint density at radius 2 is 2.33 bits per heavy atom. The molecule has 0 spiro atoms. The molecule has 0 aromatic rings. The van der Waals surface area contributed by atoms with Crippen molar-refractivity contribution >= 4 is 5.91 Å². The normalized spacial score (nSPS) is 9.00. The molecule has 0 heterocycles. The Bertz CT molecular complexity index is 163. The Morgan fingerprint density at radius 1 is 1.58 bits per heavy atom. The Balaban J connectivity index is 3.15. The van der Waals surface area contributed by atoms with E-state index in [0.717, 1.165) is 6.42 Å². The van der Waals surface area contributed by atoms with Gasteiger partial charge in [0, 0.05) is 13.0 Å². The number of nitrogens with zero attached hydrogens (tertiary/aromatic N) is 1. The van der Waals surface area contributed by atoms with Crippen molar-refractivity contribution in [3.05, 3.63) is 0 Å². The number of carbonyl (C=O) groups excluding carboxylic acids is 1. The largest absolute Gasteiger partial charge is 0.381 e. The minimum Gasteiger partial charge on any atom is -0.381 e. The average Bonchev–Trinajstić information content (AvgIpc) is 2.09. The van der Waals surface area contributed by atoms with Crippen molar-refractivity contribution < 1.29 is 9.53 Å². The van der Waals surface area contributed by atoms with Gasteiger partial charge in [-0.05, 0) is 6.42 Å². The molecule has 4 nitrogen and oxygen atoms in total. The monoisotopic (exact) mass is 170 g/mol. The third-order valence-corrected chi connectivity index (χ3v) is 1.19. The first kappa shape index (κ1) is 10.9. The summed E-state index contributed by atoms with van der Waals surface area (Å²) in [5, 5.41) is 10.6. The number of carbonyl (C=O) groups is 1. The van der Waals surface area contributed by atoms with Crippen molar-refractivity contribution in [1.29, 1.82) is 5.26 Å². The van der Waals surface area contributed by atoms with Gasteiger partial charge in [-0.25, -0.2) is 0 Å². The molecule has 0 saturated carbocycles. The van der Waals surface area contributed by atoms with Gasteiger partial charge in [-0.3, -0.25) is 4.79 Å². The maximum absolute atomic E-state index is 10.8. The summed E-state index contributed by atoms with van der Waals surface area (Å²) in [6.07, 6.45) is 1.29. The van der Waals surface area contributed by atoms with Gasteiger partial charge in [0.15, 0.2) is 0 Å². The van der Waals surface area contributed by atoms with Crippen molar-refractivity contribution in [3.8, 4) is 6.07 Å². The number of amides is 1. The van der Waals surface area contributed by atoms with Crippen LogP contribution in [0.2, 0.25) is 0 Å². The highest BCUT2D eigenvalue weighted by Crippen LogP contribution is 1.84. The maximum Gasteiger partial charge on any atom is 0.223 e. The van der Waals surface area contributed by atoms with Crippen LogP contribution in [0.5, 0.6) is 0 Å². The lowest BCUT2D eigenvalue weighted by Crippen LogP contribution is -2.24. The molecule has 0 aliphatic carbocycles. The van der Waals surface area contributed by atoms with Crippen molar-refractivity contribution in [2.24, 2.45) is 0 Å². The van der Waals surface area contributed by atoms with E-state index in [4.69, 9.17) is 10.00 Å². The number of rotatable bonds is 6. The van der Waals surface area contributed by atoms with E-state index in [9.17, 15) is 4.79 Å². The summed E-state index contributed by atoms with van der Waals surface area (Å²) >= 11 is 0. The lowest BCUT2D eigenvalue weighted by Gasteiger charge is -2.01. The van der Waals surface area contributed by atoms with Crippen LogP contribution in [0.25, 0.3) is 0 Å². The van der Waals surface area contributed by atoms with Gasteiger partial charge in [-0.1, -0.05) is 6.92 Å². The second-order valence-electron chi connectivity index (χ2n) is 2.30. The molecule has 0 aliphatic heterocycles. The summed E-state index contributed by atoms with van der Waals surface area (Å²) < 4.78 is 5.09. The first-order valence-electron chi connectivity index (χ1n) is 4.02. The van der Waals surface area contributed by atoms with E-state index < -0.39 is 0 Å². The van der Waals surface area contributed by atoms with Gasteiger partial charge in [-0.2, -0.15) is 5.26 Å². The van der Waals surface area contributed by atoms with Gasteiger partial charge >= 0.3 is 0 Å². The van der Waals surface area contributed by atoms with Crippen LogP contribution in [0.15, 0.2) is 0 Å². The molecule has 0 rings (SSSR count). The van der Waals surface area contributed by atoms with Crippen LogP contribution in [0.1, 0.15) is 19.8 Å². The molecular formula is C8H14N2O2. The SMILES string of the molecule is CCCOCCC(=O)NCC#N. The van der Waals surface area contributed by atoms with Gasteiger partial charge < -0.3 is 10.1 Å². The van der Waals surface area contributed by atoms with E-state index in [1.54, 1.807) is 0 Å². The summed E-state index contributed by atoms with van der Waals surface area (Å²) in [5.74, 6) is -0.132. The number of nitriles is 1. The highest BCUT2D eigenvalue weighted by atomic mass is 16.5. The molecule has 0 atom stereocenters. The van der Waals surface area contributed by atoms with Gasteiger partial charge in [0.1, 0.15) is 6.54 Å². The number of hydrogen-bond acceptors (Lipinski definition) is 3. The molecule has 0 unspecified atom stereocenters. The van der Waals surface area contributed by atoms with Crippen LogP contribution in [0.3, 0.4) is 0 Å². The number of hydrogen-bond donors (Lipinski definition) is 1. The van der Waals surface area contributed by atoms with Crippen molar-refractivity contribution in [2.75, 3.05) is 19.8 Å². The predicted molar refractivity (Wildman–Crippen MR) is 44.3 cm³/mol. The van der Waals surface area contributed by atoms with Crippen molar-refractivity contribution in [3.63, 3.8) is 0 Å². The second-order valence-corrected chi connectivity index (χ2v) is 2.30. The molecule has 4 heteroatoms. The molecule has 0 saturated heterocycles. The summed E-state index contributed by atoms with van der Waals surface area (Å²) in [6.45, 7) is 3.21. The van der Waals surface area contributed by atoms with Crippen LogP contribution in [0, 0.1) is 11.3 Å². The van der Waals surface area contributed by atoms with Gasteiger partial charge in [0.05, 0.1) is 12.7 Å². The van der Waals surface area contributed by atoms with Crippen LogP contribution < -0.4 is 5.32 Å². The number of ether oxygens (including phenoxy) is 1. The van der Waals surface area contributed by atoms with Crippen LogP contribution in [0.4, 0.5) is 0 Å². The maximum atomic E-state index is 10.8. The molecule has 0 bridgehead atoms. The molecule has 0 radical (unpaired) electrons. The van der Waals surface area contributed by atoms with Crippen LogP contribution in [-0.2, 0) is 9.53 Å². The van der Waals surface area contributed by atoms with Gasteiger partial charge in [0.25, 0.3) is 0 Å². The summed E-state index contributed by atoms with van der Waals surface area (Å²) in [5.41, 5.74) is 0. The minimum atomic E-state index is -0.132. The molecule has 1 N–H and O–H groups in total. The Kier molecular flexibility index (Phi) is 7.30. The zero-order valence-corrected chi connectivity index (χ0v) is 7.30. The number of nitrogens with one attached hydrogen (secondary N) is 1. The van der Waals surface area contributed by atoms with E-state index in [2.05, 4.69) is 5.32 Å². The lowest BCUT2D eigenvalue weighted by atomic mass is 10.4. The molecule has 0 aromatic heterocycles. The van der Waals surface area contributed by atoms with E-state index in [-0.39, 0.29) is 12.5 Å². The Labute approximate surface area is 72.5 Å².